The number of hydrogen-bond acceptors (Lipinski definition) is 9. The minimum atomic E-state index is -3.29. The maximum absolute atomic E-state index is 11.8. The van der Waals surface area contributed by atoms with Gasteiger partial charge in [-0.25, -0.2) is 33.3 Å². The van der Waals surface area contributed by atoms with Crippen LogP contribution in [-0.4, -0.2) is 57.9 Å². The molecule has 0 aliphatic rings. The molecular formula is C20H20N6O4S. The summed E-state index contributed by atoms with van der Waals surface area (Å²) in [6, 6.07) is 8.85. The zero-order valence-corrected chi connectivity index (χ0v) is 18.0. The Bertz CT molecular complexity index is 1350. The van der Waals surface area contributed by atoms with E-state index in [0.29, 0.717) is 52.6 Å². The second-order valence-electron chi connectivity index (χ2n) is 6.67. The third kappa shape index (κ3) is 4.31. The molecule has 0 aromatic carbocycles. The average molecular weight is 440 g/mol. The quantitative estimate of drug-likeness (QED) is 0.426. The predicted octanol–water partition coefficient (Wildman–Crippen LogP) is 2.22. The molecule has 11 heteroatoms. The fourth-order valence-corrected chi connectivity index (χ4v) is 3.75. The summed E-state index contributed by atoms with van der Waals surface area (Å²) in [6.07, 6.45) is 4.17. The van der Waals surface area contributed by atoms with Gasteiger partial charge in [-0.3, -0.25) is 4.57 Å². The van der Waals surface area contributed by atoms with Gasteiger partial charge in [0, 0.05) is 18.5 Å². The van der Waals surface area contributed by atoms with Crippen molar-refractivity contribution < 1.29 is 17.9 Å². The van der Waals surface area contributed by atoms with E-state index in [2.05, 4.69) is 24.9 Å². The lowest BCUT2D eigenvalue weighted by molar-refractivity contribution is 0.327. The number of rotatable bonds is 7. The highest BCUT2D eigenvalue weighted by atomic mass is 32.2. The van der Waals surface area contributed by atoms with Crippen LogP contribution in [0.1, 0.15) is 12.6 Å². The van der Waals surface area contributed by atoms with Crippen molar-refractivity contribution in [3.63, 3.8) is 0 Å². The molecule has 0 aliphatic heterocycles. The molecule has 0 spiro atoms. The predicted molar refractivity (Wildman–Crippen MR) is 114 cm³/mol. The summed E-state index contributed by atoms with van der Waals surface area (Å²) in [5.41, 5.74) is 1.48. The van der Waals surface area contributed by atoms with Gasteiger partial charge >= 0.3 is 0 Å². The summed E-state index contributed by atoms with van der Waals surface area (Å²) in [5.74, 6) is 1.54. The Morgan fingerprint density at radius 2 is 1.90 bits per heavy atom. The average Bonchev–Trinajstić information content (AvgIpc) is 3.11. The molecule has 0 radical (unpaired) electrons. The van der Waals surface area contributed by atoms with E-state index in [-0.39, 0.29) is 5.75 Å². The van der Waals surface area contributed by atoms with Crippen LogP contribution in [0.3, 0.4) is 0 Å². The number of hydrogen-bond donors (Lipinski definition) is 0. The van der Waals surface area contributed by atoms with Gasteiger partial charge in [0.15, 0.2) is 38.5 Å². The fourth-order valence-electron chi connectivity index (χ4n) is 3.08. The highest BCUT2D eigenvalue weighted by Gasteiger charge is 2.22. The Labute approximate surface area is 178 Å². The SMILES string of the molecule is CCOc1cccc(-c2nc3ncc(CS(C)(=O)=O)nc3n2-c2ncccc2OC)n1. The molecule has 0 saturated heterocycles. The van der Waals surface area contributed by atoms with Crippen molar-refractivity contribution in [2.75, 3.05) is 20.0 Å². The second kappa shape index (κ2) is 8.26. The highest BCUT2D eigenvalue weighted by Crippen LogP contribution is 2.30. The molecule has 4 aromatic heterocycles. The van der Waals surface area contributed by atoms with E-state index in [0.717, 1.165) is 6.26 Å². The van der Waals surface area contributed by atoms with Crippen LogP contribution >= 0.6 is 0 Å². The van der Waals surface area contributed by atoms with Gasteiger partial charge in [-0.05, 0) is 25.1 Å². The van der Waals surface area contributed by atoms with Crippen molar-refractivity contribution in [1.29, 1.82) is 0 Å². The Morgan fingerprint density at radius 1 is 1.06 bits per heavy atom. The Kier molecular flexibility index (Phi) is 5.51. The van der Waals surface area contributed by atoms with Crippen LogP contribution in [0.25, 0.3) is 28.6 Å². The van der Waals surface area contributed by atoms with Gasteiger partial charge in [0.25, 0.3) is 0 Å². The van der Waals surface area contributed by atoms with Gasteiger partial charge in [-0.2, -0.15) is 0 Å². The third-order valence-electron chi connectivity index (χ3n) is 4.26. The summed E-state index contributed by atoms with van der Waals surface area (Å²) in [6.45, 7) is 2.35. The van der Waals surface area contributed by atoms with E-state index in [9.17, 15) is 8.42 Å². The topological polar surface area (TPSA) is 122 Å². The van der Waals surface area contributed by atoms with Crippen molar-refractivity contribution in [2.45, 2.75) is 12.7 Å². The normalized spacial score (nSPS) is 11.6. The molecule has 31 heavy (non-hydrogen) atoms. The molecular weight excluding hydrogens is 420 g/mol. The van der Waals surface area contributed by atoms with Crippen LogP contribution < -0.4 is 9.47 Å². The Hall–Kier alpha value is -3.60. The van der Waals surface area contributed by atoms with Crippen molar-refractivity contribution in [1.82, 2.24) is 29.5 Å². The third-order valence-corrected chi connectivity index (χ3v) is 5.08. The number of sulfone groups is 1. The van der Waals surface area contributed by atoms with E-state index in [1.807, 2.05) is 13.0 Å². The molecule has 0 aliphatic carbocycles. The second-order valence-corrected chi connectivity index (χ2v) is 8.81. The summed E-state index contributed by atoms with van der Waals surface area (Å²) < 4.78 is 36.2. The Morgan fingerprint density at radius 3 is 2.65 bits per heavy atom. The van der Waals surface area contributed by atoms with Gasteiger partial charge in [0.1, 0.15) is 5.69 Å². The van der Waals surface area contributed by atoms with Gasteiger partial charge in [-0.1, -0.05) is 6.07 Å². The standard InChI is InChI=1S/C20H20N6O4S/c1-4-30-16-9-5-7-14(24-16)18-25-17-20(23-13(11-22-17)12-31(3,27)28)26(18)19-15(29-2)8-6-10-21-19/h5-11H,4,12H2,1-3H3. The van der Waals surface area contributed by atoms with Gasteiger partial charge in [0.05, 0.1) is 31.4 Å². The molecule has 4 aromatic rings. The maximum atomic E-state index is 11.8. The van der Waals surface area contributed by atoms with Crippen molar-refractivity contribution in [2.24, 2.45) is 0 Å². The molecule has 0 amide bonds. The lowest BCUT2D eigenvalue weighted by Crippen LogP contribution is -2.07. The van der Waals surface area contributed by atoms with E-state index < -0.39 is 9.84 Å². The fraction of sp³-hybridized carbons (Fsp3) is 0.250. The number of pyridine rings is 2. The molecule has 0 N–H and O–H groups in total. The first-order chi connectivity index (χ1) is 14.9. The van der Waals surface area contributed by atoms with Gasteiger partial charge in [-0.15, -0.1) is 0 Å². The van der Waals surface area contributed by atoms with Gasteiger partial charge in [0.2, 0.25) is 5.88 Å². The number of fused-ring (bicyclic) bond motifs is 1. The first kappa shape index (κ1) is 20.7. The molecule has 4 heterocycles. The summed E-state index contributed by atoms with van der Waals surface area (Å²) in [5, 5.41) is 0. The first-order valence-electron chi connectivity index (χ1n) is 9.41. The van der Waals surface area contributed by atoms with E-state index in [4.69, 9.17) is 9.47 Å². The zero-order valence-electron chi connectivity index (χ0n) is 17.2. The minimum Gasteiger partial charge on any atom is -0.493 e. The first-order valence-corrected chi connectivity index (χ1v) is 11.5. The van der Waals surface area contributed by atoms with Crippen LogP contribution in [0.4, 0.5) is 0 Å². The van der Waals surface area contributed by atoms with Crippen LogP contribution in [0.5, 0.6) is 11.6 Å². The molecule has 10 nitrogen and oxygen atoms in total. The van der Waals surface area contributed by atoms with Crippen LogP contribution in [0, 0.1) is 0 Å². The number of nitrogens with zero attached hydrogens (tertiary/aromatic N) is 6. The molecule has 4 rings (SSSR count). The molecule has 160 valence electrons. The monoisotopic (exact) mass is 440 g/mol. The summed E-state index contributed by atoms with van der Waals surface area (Å²) in [4.78, 5) is 22.4. The lowest BCUT2D eigenvalue weighted by atomic mass is 10.3. The minimum absolute atomic E-state index is 0.242. The summed E-state index contributed by atoms with van der Waals surface area (Å²) in [7, 11) is -1.76. The van der Waals surface area contributed by atoms with Crippen LogP contribution in [0.15, 0.2) is 42.7 Å². The number of ether oxygens (including phenoxy) is 2. The highest BCUT2D eigenvalue weighted by molar-refractivity contribution is 7.89. The van der Waals surface area contributed by atoms with Crippen LogP contribution in [0.2, 0.25) is 0 Å². The smallest absolute Gasteiger partial charge is 0.213 e. The van der Waals surface area contributed by atoms with Crippen molar-refractivity contribution in [3.05, 3.63) is 48.4 Å². The van der Waals surface area contributed by atoms with E-state index in [1.54, 1.807) is 35.0 Å². The zero-order chi connectivity index (χ0) is 22.0. The van der Waals surface area contributed by atoms with E-state index >= 15 is 0 Å². The maximum Gasteiger partial charge on any atom is 0.213 e. The molecule has 0 bridgehead atoms. The van der Waals surface area contributed by atoms with Crippen molar-refractivity contribution in [3.8, 4) is 29.0 Å². The number of imidazole rings is 1. The number of methoxy groups -OCH3 is 1. The molecule has 0 atom stereocenters. The van der Waals surface area contributed by atoms with Crippen molar-refractivity contribution >= 4 is 21.1 Å². The molecule has 0 saturated carbocycles. The van der Waals surface area contributed by atoms with Crippen LogP contribution in [-0.2, 0) is 15.6 Å². The summed E-state index contributed by atoms with van der Waals surface area (Å²) >= 11 is 0. The largest absolute Gasteiger partial charge is 0.493 e. The Balaban J connectivity index is 2.00. The van der Waals surface area contributed by atoms with E-state index in [1.165, 1.54) is 13.3 Å². The number of aromatic nitrogens is 6. The lowest BCUT2D eigenvalue weighted by Gasteiger charge is -2.12. The van der Waals surface area contributed by atoms with Gasteiger partial charge < -0.3 is 9.47 Å². The molecule has 0 fully saturated rings. The molecule has 0 unspecified atom stereocenters.